The van der Waals surface area contributed by atoms with Gasteiger partial charge in [-0.15, -0.1) is 0 Å². The molecule has 58 valence electrons. The molecule has 4 nitrogen and oxygen atoms in total. The quantitative estimate of drug-likeness (QED) is 0.406. The van der Waals surface area contributed by atoms with Crippen LogP contribution >= 0.6 is 0 Å². The third kappa shape index (κ3) is 2.59. The van der Waals surface area contributed by atoms with Crippen LogP contribution in [-0.2, 0) is 19.1 Å². The topological polar surface area (TPSA) is 52.6 Å². The van der Waals surface area contributed by atoms with E-state index in [9.17, 15) is 9.59 Å². The van der Waals surface area contributed by atoms with E-state index < -0.39 is 12.1 Å². The van der Waals surface area contributed by atoms with E-state index in [4.69, 9.17) is 0 Å². The molecule has 0 aromatic rings. The van der Waals surface area contributed by atoms with E-state index in [0.29, 0.717) is 6.29 Å². The van der Waals surface area contributed by atoms with Crippen molar-refractivity contribution in [1.82, 2.24) is 0 Å². The summed E-state index contributed by atoms with van der Waals surface area (Å²) in [7, 11) is 2.60. The van der Waals surface area contributed by atoms with Gasteiger partial charge in [-0.25, -0.2) is 4.79 Å². The second kappa shape index (κ2) is 4.93. The first-order valence-electron chi connectivity index (χ1n) is 2.80. The second-order valence-corrected chi connectivity index (χ2v) is 1.65. The Kier molecular flexibility index (Phi) is 4.49. The summed E-state index contributed by atoms with van der Waals surface area (Å²) in [6.45, 7) is 0. The Morgan fingerprint density at radius 1 is 1.60 bits per heavy atom. The largest absolute Gasteiger partial charge is 0.467 e. The van der Waals surface area contributed by atoms with Gasteiger partial charge in [0, 0.05) is 13.5 Å². The zero-order valence-electron chi connectivity index (χ0n) is 5.99. The highest BCUT2D eigenvalue weighted by atomic mass is 16.6. The van der Waals surface area contributed by atoms with Crippen LogP contribution < -0.4 is 0 Å². The van der Waals surface area contributed by atoms with Gasteiger partial charge in [0.05, 0.1) is 7.11 Å². The number of hydrogen-bond donors (Lipinski definition) is 0. The predicted octanol–water partition coefficient (Wildman–Crippen LogP) is -0.237. The lowest BCUT2D eigenvalue weighted by Crippen LogP contribution is -2.24. The molecule has 0 fully saturated rings. The zero-order valence-corrected chi connectivity index (χ0v) is 5.99. The molecular formula is C6H10O4. The van der Waals surface area contributed by atoms with Crippen molar-refractivity contribution in [2.45, 2.75) is 12.5 Å². The van der Waals surface area contributed by atoms with Crippen LogP contribution in [0.5, 0.6) is 0 Å². The van der Waals surface area contributed by atoms with Gasteiger partial charge in [0.25, 0.3) is 0 Å². The zero-order chi connectivity index (χ0) is 7.98. The molecule has 0 aromatic carbocycles. The molecule has 0 saturated carbocycles. The van der Waals surface area contributed by atoms with Crippen molar-refractivity contribution < 1.29 is 19.1 Å². The van der Waals surface area contributed by atoms with Crippen molar-refractivity contribution in [3.05, 3.63) is 0 Å². The van der Waals surface area contributed by atoms with Crippen molar-refractivity contribution in [2.75, 3.05) is 14.2 Å². The van der Waals surface area contributed by atoms with Gasteiger partial charge in [-0.05, 0) is 0 Å². The number of rotatable bonds is 4. The van der Waals surface area contributed by atoms with E-state index in [1.807, 2.05) is 0 Å². The van der Waals surface area contributed by atoms with Crippen molar-refractivity contribution >= 4 is 12.3 Å². The molecule has 10 heavy (non-hydrogen) atoms. The van der Waals surface area contributed by atoms with E-state index in [2.05, 4.69) is 9.47 Å². The molecule has 0 unspecified atom stereocenters. The van der Waals surface area contributed by atoms with Gasteiger partial charge in [0.1, 0.15) is 6.29 Å². The number of hydrogen-bond acceptors (Lipinski definition) is 4. The standard InChI is InChI=1S/C6H10O4/c1-9-5(3-4-7)6(8)10-2/h4-5H,3H2,1-2H3/t5-/m0/s1. The lowest BCUT2D eigenvalue weighted by molar-refractivity contribution is -0.153. The highest BCUT2D eigenvalue weighted by Gasteiger charge is 2.16. The Bertz CT molecular complexity index is 121. The van der Waals surface area contributed by atoms with Gasteiger partial charge < -0.3 is 14.3 Å². The lowest BCUT2D eigenvalue weighted by atomic mass is 10.3. The van der Waals surface area contributed by atoms with Gasteiger partial charge >= 0.3 is 5.97 Å². The third-order valence-corrected chi connectivity index (χ3v) is 1.06. The molecule has 0 rings (SSSR count). The van der Waals surface area contributed by atoms with Crippen molar-refractivity contribution in [2.24, 2.45) is 0 Å². The summed E-state index contributed by atoms with van der Waals surface area (Å²) in [6.07, 6.45) is -0.0867. The number of methoxy groups -OCH3 is 2. The molecule has 0 aliphatic rings. The van der Waals surface area contributed by atoms with Gasteiger partial charge in [0.15, 0.2) is 6.10 Å². The maximum atomic E-state index is 10.6. The van der Waals surface area contributed by atoms with E-state index in [0.717, 1.165) is 0 Å². The summed E-state index contributed by atoms with van der Waals surface area (Å²) < 4.78 is 8.97. The minimum absolute atomic E-state index is 0.0448. The van der Waals surface area contributed by atoms with Crippen molar-refractivity contribution in [1.29, 1.82) is 0 Å². The minimum atomic E-state index is -0.748. The van der Waals surface area contributed by atoms with Crippen LogP contribution in [0.15, 0.2) is 0 Å². The van der Waals surface area contributed by atoms with Crippen LogP contribution in [0.2, 0.25) is 0 Å². The molecule has 0 bridgehead atoms. The molecule has 0 amide bonds. The smallest absolute Gasteiger partial charge is 0.335 e. The van der Waals surface area contributed by atoms with Gasteiger partial charge in [-0.3, -0.25) is 0 Å². The van der Waals surface area contributed by atoms with Crippen molar-refractivity contribution in [3.8, 4) is 0 Å². The van der Waals surface area contributed by atoms with Gasteiger partial charge in [0.2, 0.25) is 0 Å². The van der Waals surface area contributed by atoms with Crippen LogP contribution in [0.1, 0.15) is 6.42 Å². The molecule has 0 heterocycles. The number of aldehydes is 1. The summed E-state index contributed by atoms with van der Waals surface area (Å²) in [6, 6.07) is 0. The van der Waals surface area contributed by atoms with Crippen LogP contribution in [0.3, 0.4) is 0 Å². The number of ether oxygens (including phenoxy) is 2. The first-order chi connectivity index (χ1) is 4.76. The maximum absolute atomic E-state index is 10.6. The number of carbonyl (C=O) groups excluding carboxylic acids is 2. The lowest BCUT2D eigenvalue weighted by Gasteiger charge is -2.07. The third-order valence-electron chi connectivity index (χ3n) is 1.06. The van der Waals surface area contributed by atoms with E-state index in [1.54, 1.807) is 0 Å². The van der Waals surface area contributed by atoms with Crippen LogP contribution in [0.4, 0.5) is 0 Å². The van der Waals surface area contributed by atoms with Crippen LogP contribution in [-0.4, -0.2) is 32.6 Å². The van der Waals surface area contributed by atoms with E-state index in [-0.39, 0.29) is 6.42 Å². The van der Waals surface area contributed by atoms with Gasteiger partial charge in [-0.1, -0.05) is 0 Å². The fraction of sp³-hybridized carbons (Fsp3) is 0.667. The Morgan fingerprint density at radius 3 is 2.50 bits per heavy atom. The summed E-state index contributed by atoms with van der Waals surface area (Å²) in [5.41, 5.74) is 0. The number of esters is 1. The summed E-state index contributed by atoms with van der Waals surface area (Å²) >= 11 is 0. The molecule has 0 aliphatic carbocycles. The first kappa shape index (κ1) is 9.10. The molecule has 0 radical (unpaired) electrons. The SMILES string of the molecule is COC(=O)[C@H](CC=O)OC. The fourth-order valence-electron chi connectivity index (χ4n) is 0.508. The predicted molar refractivity (Wildman–Crippen MR) is 33.5 cm³/mol. The summed E-state index contributed by atoms with van der Waals surface area (Å²) in [5.74, 6) is -0.519. The van der Waals surface area contributed by atoms with E-state index in [1.165, 1.54) is 14.2 Å². The fourth-order valence-corrected chi connectivity index (χ4v) is 0.508. The van der Waals surface area contributed by atoms with Crippen LogP contribution in [0, 0.1) is 0 Å². The second-order valence-electron chi connectivity index (χ2n) is 1.65. The first-order valence-corrected chi connectivity index (χ1v) is 2.80. The average molecular weight is 146 g/mol. The maximum Gasteiger partial charge on any atom is 0.335 e. The molecule has 0 aromatic heterocycles. The monoisotopic (exact) mass is 146 g/mol. The molecule has 1 atom stereocenters. The average Bonchev–Trinajstić information content (AvgIpc) is 1.99. The Balaban J connectivity index is 3.79. The molecule has 0 N–H and O–H groups in total. The molecule has 4 heteroatoms. The van der Waals surface area contributed by atoms with E-state index >= 15 is 0 Å². The summed E-state index contributed by atoms with van der Waals surface area (Å²) in [4.78, 5) is 20.5. The summed E-state index contributed by atoms with van der Waals surface area (Å²) in [5, 5.41) is 0. The molecule has 0 aliphatic heterocycles. The number of carbonyl (C=O) groups is 2. The van der Waals surface area contributed by atoms with Gasteiger partial charge in [-0.2, -0.15) is 0 Å². The highest BCUT2D eigenvalue weighted by molar-refractivity contribution is 5.77. The Hall–Kier alpha value is -0.900. The highest BCUT2D eigenvalue weighted by Crippen LogP contribution is 1.95. The minimum Gasteiger partial charge on any atom is -0.467 e. The Morgan fingerprint density at radius 2 is 2.20 bits per heavy atom. The molecule has 0 saturated heterocycles. The Labute approximate surface area is 59.1 Å². The van der Waals surface area contributed by atoms with Crippen LogP contribution in [0.25, 0.3) is 0 Å². The van der Waals surface area contributed by atoms with Crippen molar-refractivity contribution in [3.63, 3.8) is 0 Å². The molecule has 0 spiro atoms. The molecular weight excluding hydrogens is 136 g/mol. The normalized spacial score (nSPS) is 12.2.